The molecule has 0 aliphatic heterocycles. The van der Waals surface area contributed by atoms with Crippen molar-refractivity contribution < 1.29 is 0 Å². The van der Waals surface area contributed by atoms with Gasteiger partial charge in [-0.2, -0.15) is 4.68 Å². The summed E-state index contributed by atoms with van der Waals surface area (Å²) in [4.78, 5) is 11.3. The first-order chi connectivity index (χ1) is 7.76. The molecule has 0 fully saturated rings. The van der Waals surface area contributed by atoms with Crippen LogP contribution in [0.5, 0.6) is 0 Å². The SMILES string of the molecule is CCc1cc(-n2nn[nH]c2=O)ccc1CN. The van der Waals surface area contributed by atoms with Gasteiger partial charge in [0.15, 0.2) is 0 Å². The van der Waals surface area contributed by atoms with E-state index in [2.05, 4.69) is 15.5 Å². The average molecular weight is 219 g/mol. The summed E-state index contributed by atoms with van der Waals surface area (Å²) < 4.78 is 1.22. The van der Waals surface area contributed by atoms with E-state index in [1.807, 2.05) is 25.1 Å². The Morgan fingerprint density at radius 1 is 1.44 bits per heavy atom. The molecule has 84 valence electrons. The van der Waals surface area contributed by atoms with Crippen LogP contribution in [0.2, 0.25) is 0 Å². The van der Waals surface area contributed by atoms with Crippen molar-refractivity contribution in [2.24, 2.45) is 5.73 Å². The lowest BCUT2D eigenvalue weighted by molar-refractivity contribution is 0.777. The first-order valence-corrected chi connectivity index (χ1v) is 5.09. The lowest BCUT2D eigenvalue weighted by Gasteiger charge is -2.07. The molecule has 0 aliphatic carbocycles. The number of rotatable bonds is 3. The molecule has 6 heteroatoms. The van der Waals surface area contributed by atoms with Crippen LogP contribution in [-0.2, 0) is 13.0 Å². The highest BCUT2D eigenvalue weighted by Gasteiger charge is 2.06. The smallest absolute Gasteiger partial charge is 0.326 e. The molecular formula is C10H13N5O. The first-order valence-electron chi connectivity index (χ1n) is 5.09. The number of hydrogen-bond donors (Lipinski definition) is 2. The molecule has 2 aromatic rings. The Hall–Kier alpha value is -1.95. The molecule has 1 heterocycles. The van der Waals surface area contributed by atoms with Crippen LogP contribution < -0.4 is 11.4 Å². The fraction of sp³-hybridized carbons (Fsp3) is 0.300. The van der Waals surface area contributed by atoms with Crippen LogP contribution in [-0.4, -0.2) is 20.2 Å². The molecule has 16 heavy (non-hydrogen) atoms. The van der Waals surface area contributed by atoms with Crippen LogP contribution in [0.1, 0.15) is 18.1 Å². The van der Waals surface area contributed by atoms with Crippen LogP contribution in [0, 0.1) is 0 Å². The Morgan fingerprint density at radius 3 is 2.81 bits per heavy atom. The van der Waals surface area contributed by atoms with Crippen molar-refractivity contribution in [3.63, 3.8) is 0 Å². The largest absolute Gasteiger partial charge is 0.365 e. The summed E-state index contributed by atoms with van der Waals surface area (Å²) in [5, 5.41) is 9.39. The Labute approximate surface area is 92.1 Å². The third kappa shape index (κ3) is 1.74. The van der Waals surface area contributed by atoms with Gasteiger partial charge in [-0.25, -0.2) is 9.89 Å². The zero-order valence-corrected chi connectivity index (χ0v) is 8.97. The number of nitrogens with zero attached hydrogens (tertiary/aromatic N) is 3. The standard InChI is InChI=1S/C10H13N5O/c1-2-7-5-9(4-3-8(7)6-11)15-10(16)12-13-14-15/h3-5H,2,6,11H2,1H3,(H,12,14,16). The molecule has 6 nitrogen and oxygen atoms in total. The Balaban J connectivity index is 2.52. The van der Waals surface area contributed by atoms with Gasteiger partial charge in [0, 0.05) is 6.54 Å². The highest BCUT2D eigenvalue weighted by Crippen LogP contribution is 2.13. The second-order valence-corrected chi connectivity index (χ2v) is 3.43. The van der Waals surface area contributed by atoms with Gasteiger partial charge in [0.2, 0.25) is 0 Å². The van der Waals surface area contributed by atoms with Gasteiger partial charge >= 0.3 is 5.69 Å². The molecular weight excluding hydrogens is 206 g/mol. The van der Waals surface area contributed by atoms with Gasteiger partial charge in [0.1, 0.15) is 0 Å². The zero-order valence-electron chi connectivity index (χ0n) is 8.97. The van der Waals surface area contributed by atoms with E-state index in [4.69, 9.17) is 5.73 Å². The van der Waals surface area contributed by atoms with E-state index in [1.54, 1.807) is 0 Å². The summed E-state index contributed by atoms with van der Waals surface area (Å²) >= 11 is 0. The van der Waals surface area contributed by atoms with Crippen LogP contribution in [0.4, 0.5) is 0 Å². The molecule has 0 unspecified atom stereocenters. The number of H-pyrrole nitrogens is 1. The summed E-state index contributed by atoms with van der Waals surface area (Å²) in [6.45, 7) is 2.54. The van der Waals surface area contributed by atoms with E-state index in [-0.39, 0.29) is 5.69 Å². The van der Waals surface area contributed by atoms with E-state index in [0.29, 0.717) is 12.2 Å². The van der Waals surface area contributed by atoms with E-state index < -0.39 is 0 Å². The lowest BCUT2D eigenvalue weighted by atomic mass is 10.0. The molecule has 0 bridgehead atoms. The third-order valence-corrected chi connectivity index (χ3v) is 2.51. The molecule has 1 aromatic heterocycles. The summed E-state index contributed by atoms with van der Waals surface area (Å²) in [7, 11) is 0. The van der Waals surface area contributed by atoms with Crippen LogP contribution in [0.15, 0.2) is 23.0 Å². The van der Waals surface area contributed by atoms with Crippen molar-refractivity contribution in [2.75, 3.05) is 0 Å². The van der Waals surface area contributed by atoms with Gasteiger partial charge in [-0.3, -0.25) is 0 Å². The molecule has 2 rings (SSSR count). The summed E-state index contributed by atoms with van der Waals surface area (Å²) in [5.74, 6) is 0. The number of hydrogen-bond acceptors (Lipinski definition) is 4. The van der Waals surface area contributed by atoms with E-state index >= 15 is 0 Å². The minimum atomic E-state index is -0.345. The number of benzene rings is 1. The van der Waals surface area contributed by atoms with Crippen LogP contribution >= 0.6 is 0 Å². The topological polar surface area (TPSA) is 89.6 Å². The van der Waals surface area contributed by atoms with E-state index in [0.717, 1.165) is 17.5 Å². The normalized spacial score (nSPS) is 10.6. The quantitative estimate of drug-likeness (QED) is 0.759. The maximum Gasteiger partial charge on any atom is 0.365 e. The zero-order chi connectivity index (χ0) is 11.5. The first kappa shape index (κ1) is 10.6. The molecule has 0 radical (unpaired) electrons. The highest BCUT2D eigenvalue weighted by atomic mass is 16.2. The second kappa shape index (κ2) is 4.28. The summed E-state index contributed by atoms with van der Waals surface area (Å²) in [6, 6.07) is 5.63. The van der Waals surface area contributed by atoms with Crippen molar-refractivity contribution in [3.8, 4) is 5.69 Å². The average Bonchev–Trinajstić information content (AvgIpc) is 2.74. The maximum atomic E-state index is 11.3. The predicted octanol–water partition coefficient (Wildman–Crippen LogP) is -0.0233. The molecule has 0 saturated carbocycles. The molecule has 0 aliphatic rings. The summed E-state index contributed by atoms with van der Waals surface area (Å²) in [5.41, 5.74) is 8.19. The van der Waals surface area contributed by atoms with Crippen LogP contribution in [0.25, 0.3) is 5.69 Å². The Bertz CT molecular complexity index is 542. The number of nitrogens with one attached hydrogen (secondary N) is 1. The Morgan fingerprint density at radius 2 is 2.25 bits per heavy atom. The van der Waals surface area contributed by atoms with E-state index in [9.17, 15) is 4.79 Å². The van der Waals surface area contributed by atoms with Gasteiger partial charge in [-0.1, -0.05) is 13.0 Å². The van der Waals surface area contributed by atoms with Crippen molar-refractivity contribution in [3.05, 3.63) is 39.8 Å². The minimum absolute atomic E-state index is 0.345. The molecule has 0 atom stereocenters. The van der Waals surface area contributed by atoms with Gasteiger partial charge in [-0.05, 0) is 40.1 Å². The minimum Gasteiger partial charge on any atom is -0.326 e. The maximum absolute atomic E-state index is 11.3. The van der Waals surface area contributed by atoms with Gasteiger partial charge in [0.25, 0.3) is 0 Å². The van der Waals surface area contributed by atoms with Crippen molar-refractivity contribution >= 4 is 0 Å². The predicted molar refractivity (Wildman–Crippen MR) is 59.2 cm³/mol. The van der Waals surface area contributed by atoms with Gasteiger partial charge in [-0.15, -0.1) is 0 Å². The monoisotopic (exact) mass is 219 g/mol. The van der Waals surface area contributed by atoms with E-state index in [1.165, 1.54) is 4.68 Å². The van der Waals surface area contributed by atoms with Crippen molar-refractivity contribution in [2.45, 2.75) is 19.9 Å². The fourth-order valence-corrected chi connectivity index (χ4v) is 1.64. The molecule has 1 aromatic carbocycles. The van der Waals surface area contributed by atoms with Crippen LogP contribution in [0.3, 0.4) is 0 Å². The molecule has 3 N–H and O–H groups in total. The lowest BCUT2D eigenvalue weighted by Crippen LogP contribution is -2.16. The third-order valence-electron chi connectivity index (χ3n) is 2.51. The number of aromatic amines is 1. The number of aryl methyl sites for hydroxylation is 1. The number of aromatic nitrogens is 4. The second-order valence-electron chi connectivity index (χ2n) is 3.43. The van der Waals surface area contributed by atoms with Crippen molar-refractivity contribution in [1.29, 1.82) is 0 Å². The highest BCUT2D eigenvalue weighted by molar-refractivity contribution is 5.39. The fourth-order valence-electron chi connectivity index (χ4n) is 1.64. The summed E-state index contributed by atoms with van der Waals surface area (Å²) in [6.07, 6.45) is 0.868. The van der Waals surface area contributed by atoms with Gasteiger partial charge in [0.05, 0.1) is 5.69 Å². The van der Waals surface area contributed by atoms with Crippen molar-refractivity contribution in [1.82, 2.24) is 20.2 Å². The molecule has 0 saturated heterocycles. The van der Waals surface area contributed by atoms with Gasteiger partial charge < -0.3 is 5.73 Å². The molecule has 0 spiro atoms. The number of nitrogens with two attached hydrogens (primary N) is 1. The number of tetrazole rings is 1. The Kier molecular flexibility index (Phi) is 2.82. The molecule has 0 amide bonds.